The summed E-state index contributed by atoms with van der Waals surface area (Å²) in [5, 5.41) is 12.3. The van der Waals surface area contributed by atoms with Crippen molar-refractivity contribution < 1.29 is 18.0 Å². The third-order valence-electron chi connectivity index (χ3n) is 2.61. The third kappa shape index (κ3) is 2.86. The number of carbonyl (C=O) groups excluding carboxylic acids is 1. The summed E-state index contributed by atoms with van der Waals surface area (Å²) in [6, 6.07) is 5.20. The molecule has 0 N–H and O–H groups in total. The van der Waals surface area contributed by atoms with Crippen molar-refractivity contribution in [3.8, 4) is 6.07 Å². The Bertz CT molecular complexity index is 642. The van der Waals surface area contributed by atoms with Crippen molar-refractivity contribution in [2.75, 3.05) is 0 Å². The summed E-state index contributed by atoms with van der Waals surface area (Å²) in [4.78, 5) is 15.6. The minimum absolute atomic E-state index is 0.0108. The van der Waals surface area contributed by atoms with Crippen molar-refractivity contribution in [1.82, 2.24) is 4.98 Å². The first-order chi connectivity index (χ1) is 9.43. The number of halogens is 3. The number of ketones is 1. The molecule has 2 aromatic rings. The number of nitrogens with zero attached hydrogens (tertiary/aromatic N) is 2. The van der Waals surface area contributed by atoms with Crippen molar-refractivity contribution in [2.24, 2.45) is 0 Å². The van der Waals surface area contributed by atoms with Crippen LogP contribution in [-0.2, 0) is 6.18 Å². The van der Waals surface area contributed by atoms with Gasteiger partial charge in [0, 0.05) is 17.1 Å². The van der Waals surface area contributed by atoms with E-state index in [0.29, 0.717) is 11.8 Å². The highest BCUT2D eigenvalue weighted by atomic mass is 32.1. The molecule has 1 atom stereocenters. The van der Waals surface area contributed by atoms with E-state index in [1.54, 1.807) is 22.9 Å². The molecule has 0 saturated carbocycles. The Labute approximate surface area is 116 Å². The quantitative estimate of drug-likeness (QED) is 0.812. The molecule has 20 heavy (non-hydrogen) atoms. The second kappa shape index (κ2) is 5.43. The van der Waals surface area contributed by atoms with E-state index in [0.717, 1.165) is 12.1 Å². The molecule has 2 aromatic heterocycles. The normalized spacial score (nSPS) is 12.7. The maximum Gasteiger partial charge on any atom is 0.417 e. The Morgan fingerprint density at radius 2 is 2.10 bits per heavy atom. The van der Waals surface area contributed by atoms with Gasteiger partial charge in [0.1, 0.15) is 0 Å². The van der Waals surface area contributed by atoms with Gasteiger partial charge in [-0.15, -0.1) is 0 Å². The highest BCUT2D eigenvalue weighted by Crippen LogP contribution is 2.29. The second-order valence-corrected chi connectivity index (χ2v) is 4.69. The van der Waals surface area contributed by atoms with Crippen LogP contribution in [0.25, 0.3) is 0 Å². The van der Waals surface area contributed by atoms with Crippen LogP contribution in [0.2, 0.25) is 0 Å². The minimum Gasteiger partial charge on any atom is -0.292 e. The van der Waals surface area contributed by atoms with Gasteiger partial charge in [-0.05, 0) is 23.6 Å². The molecule has 2 rings (SSSR count). The topological polar surface area (TPSA) is 53.8 Å². The fourth-order valence-electron chi connectivity index (χ4n) is 1.57. The molecule has 0 aromatic carbocycles. The van der Waals surface area contributed by atoms with Gasteiger partial charge >= 0.3 is 6.18 Å². The van der Waals surface area contributed by atoms with Gasteiger partial charge in [-0.25, -0.2) is 0 Å². The molecular formula is C13H7F3N2OS. The van der Waals surface area contributed by atoms with Crippen LogP contribution in [0.3, 0.4) is 0 Å². The zero-order valence-corrected chi connectivity index (χ0v) is 10.7. The molecule has 7 heteroatoms. The average Bonchev–Trinajstić information content (AvgIpc) is 2.93. The molecule has 0 aliphatic rings. The number of Topliss-reactive ketones (excluding diaryl/α,β-unsaturated/α-hetero) is 1. The van der Waals surface area contributed by atoms with Crippen LogP contribution in [-0.4, -0.2) is 10.8 Å². The molecule has 0 amide bonds. The van der Waals surface area contributed by atoms with E-state index in [-0.39, 0.29) is 5.69 Å². The van der Waals surface area contributed by atoms with Gasteiger partial charge in [0.15, 0.2) is 11.7 Å². The fraction of sp³-hybridized carbons (Fsp3) is 0.154. The summed E-state index contributed by atoms with van der Waals surface area (Å²) < 4.78 is 37.2. The van der Waals surface area contributed by atoms with Gasteiger partial charge < -0.3 is 0 Å². The molecule has 102 valence electrons. The largest absolute Gasteiger partial charge is 0.417 e. The number of thiophene rings is 1. The zero-order chi connectivity index (χ0) is 14.8. The van der Waals surface area contributed by atoms with E-state index < -0.39 is 23.4 Å². The summed E-state index contributed by atoms with van der Waals surface area (Å²) in [5.74, 6) is -1.67. The van der Waals surface area contributed by atoms with Crippen LogP contribution >= 0.6 is 11.3 Å². The molecule has 0 spiro atoms. The molecule has 0 unspecified atom stereocenters. The predicted octanol–water partition coefficient (Wildman–Crippen LogP) is 3.65. The Balaban J connectivity index is 2.30. The summed E-state index contributed by atoms with van der Waals surface area (Å²) in [6.07, 6.45) is -3.87. The van der Waals surface area contributed by atoms with Crippen LogP contribution in [0.5, 0.6) is 0 Å². The lowest BCUT2D eigenvalue weighted by atomic mass is 9.97. The standard InChI is InChI=1S/C13H7F3N2OS/c14-13(15,16)9-1-2-11(18-6-9)10(5-17)12(19)8-3-4-20-7-8/h1-4,6-7,10H/t10-/m0/s1. The Kier molecular flexibility index (Phi) is 3.86. The zero-order valence-electron chi connectivity index (χ0n) is 9.89. The van der Waals surface area contributed by atoms with E-state index in [1.807, 2.05) is 0 Å². The van der Waals surface area contributed by atoms with Crippen molar-refractivity contribution in [2.45, 2.75) is 12.1 Å². The van der Waals surface area contributed by atoms with Crippen molar-refractivity contribution in [3.63, 3.8) is 0 Å². The van der Waals surface area contributed by atoms with Crippen LogP contribution in [0.4, 0.5) is 13.2 Å². The Morgan fingerprint density at radius 3 is 2.55 bits per heavy atom. The first-order valence-corrected chi connectivity index (χ1v) is 6.37. The summed E-state index contributed by atoms with van der Waals surface area (Å²) in [6.45, 7) is 0. The second-order valence-electron chi connectivity index (χ2n) is 3.91. The SMILES string of the molecule is N#C[C@H](C(=O)c1ccsc1)c1ccc(C(F)(F)F)cn1. The van der Waals surface area contributed by atoms with Crippen molar-refractivity contribution in [3.05, 3.63) is 52.0 Å². The number of hydrogen-bond acceptors (Lipinski definition) is 4. The van der Waals surface area contributed by atoms with Gasteiger partial charge in [0.2, 0.25) is 0 Å². The monoisotopic (exact) mass is 296 g/mol. The summed E-state index contributed by atoms with van der Waals surface area (Å²) in [5.41, 5.74) is -0.555. The van der Waals surface area contributed by atoms with Crippen molar-refractivity contribution >= 4 is 17.1 Å². The molecule has 2 heterocycles. The van der Waals surface area contributed by atoms with Gasteiger partial charge in [-0.1, -0.05) is 0 Å². The first-order valence-electron chi connectivity index (χ1n) is 5.42. The maximum absolute atomic E-state index is 12.4. The Morgan fingerprint density at radius 1 is 1.35 bits per heavy atom. The lowest BCUT2D eigenvalue weighted by Gasteiger charge is -2.09. The molecule has 0 aliphatic carbocycles. The number of nitriles is 1. The summed E-state index contributed by atoms with van der Waals surface area (Å²) in [7, 11) is 0. The van der Waals surface area contributed by atoms with Crippen LogP contribution in [0.15, 0.2) is 35.2 Å². The van der Waals surface area contributed by atoms with Gasteiger partial charge in [0.05, 0.1) is 17.3 Å². The van der Waals surface area contributed by atoms with Crippen LogP contribution in [0, 0.1) is 11.3 Å². The summed E-state index contributed by atoms with van der Waals surface area (Å²) >= 11 is 1.30. The fourth-order valence-corrected chi connectivity index (χ4v) is 2.22. The predicted molar refractivity (Wildman–Crippen MR) is 66.2 cm³/mol. The van der Waals surface area contributed by atoms with Crippen LogP contribution < -0.4 is 0 Å². The van der Waals surface area contributed by atoms with Gasteiger partial charge in [-0.3, -0.25) is 9.78 Å². The molecule has 3 nitrogen and oxygen atoms in total. The number of pyridine rings is 1. The molecule has 0 aliphatic heterocycles. The van der Waals surface area contributed by atoms with E-state index in [4.69, 9.17) is 5.26 Å². The van der Waals surface area contributed by atoms with E-state index >= 15 is 0 Å². The first kappa shape index (κ1) is 14.2. The molecule has 0 bridgehead atoms. The number of aromatic nitrogens is 1. The molecule has 0 radical (unpaired) electrons. The number of alkyl halides is 3. The minimum atomic E-state index is -4.50. The van der Waals surface area contributed by atoms with E-state index in [2.05, 4.69) is 4.98 Å². The highest BCUT2D eigenvalue weighted by molar-refractivity contribution is 7.08. The van der Waals surface area contributed by atoms with E-state index in [1.165, 1.54) is 11.3 Å². The lowest BCUT2D eigenvalue weighted by Crippen LogP contribution is -2.13. The number of hydrogen-bond donors (Lipinski definition) is 0. The van der Waals surface area contributed by atoms with Crippen LogP contribution in [0.1, 0.15) is 27.5 Å². The average molecular weight is 296 g/mol. The number of carbonyl (C=O) groups is 1. The smallest absolute Gasteiger partial charge is 0.292 e. The Hall–Kier alpha value is -2.20. The highest BCUT2D eigenvalue weighted by Gasteiger charge is 2.31. The molecule has 0 saturated heterocycles. The number of rotatable bonds is 3. The molecule has 0 fully saturated rings. The van der Waals surface area contributed by atoms with Gasteiger partial charge in [0.25, 0.3) is 0 Å². The third-order valence-corrected chi connectivity index (χ3v) is 3.29. The van der Waals surface area contributed by atoms with E-state index in [9.17, 15) is 18.0 Å². The maximum atomic E-state index is 12.4. The molecular weight excluding hydrogens is 289 g/mol. The van der Waals surface area contributed by atoms with Gasteiger partial charge in [-0.2, -0.15) is 29.8 Å². The van der Waals surface area contributed by atoms with Crippen molar-refractivity contribution in [1.29, 1.82) is 5.26 Å². The lowest BCUT2D eigenvalue weighted by molar-refractivity contribution is -0.137.